The van der Waals surface area contributed by atoms with Gasteiger partial charge in [-0.05, 0) is 26.0 Å². The molecule has 2 nitrogen and oxygen atoms in total. The van der Waals surface area contributed by atoms with E-state index in [0.29, 0.717) is 12.4 Å². The van der Waals surface area contributed by atoms with E-state index in [9.17, 15) is 9.50 Å². The maximum atomic E-state index is 13.4. The fourth-order valence-corrected chi connectivity index (χ4v) is 1.18. The zero-order valence-corrected chi connectivity index (χ0v) is 8.90. The van der Waals surface area contributed by atoms with Crippen LogP contribution in [0.2, 0.25) is 0 Å². The van der Waals surface area contributed by atoms with Crippen LogP contribution in [-0.4, -0.2) is 11.7 Å². The van der Waals surface area contributed by atoms with E-state index < -0.39 is 11.9 Å². The van der Waals surface area contributed by atoms with Gasteiger partial charge in [0, 0.05) is 11.6 Å². The van der Waals surface area contributed by atoms with Crippen molar-refractivity contribution in [2.75, 3.05) is 6.61 Å². The van der Waals surface area contributed by atoms with Gasteiger partial charge in [-0.15, -0.1) is 0 Å². The summed E-state index contributed by atoms with van der Waals surface area (Å²) in [5, 5.41) is 9.22. The molecule has 1 aromatic carbocycles. The largest absolute Gasteiger partial charge is 0.489 e. The van der Waals surface area contributed by atoms with E-state index in [1.54, 1.807) is 6.07 Å². The lowest BCUT2D eigenvalue weighted by molar-refractivity contribution is 0.194. The minimum absolute atomic E-state index is 0.286. The summed E-state index contributed by atoms with van der Waals surface area (Å²) in [6.07, 6.45) is 2.90. The van der Waals surface area contributed by atoms with Crippen molar-refractivity contribution in [2.24, 2.45) is 0 Å². The van der Waals surface area contributed by atoms with E-state index in [1.165, 1.54) is 19.1 Å². The van der Waals surface area contributed by atoms with Crippen LogP contribution >= 0.6 is 0 Å². The molecule has 1 atom stereocenters. The van der Waals surface area contributed by atoms with Gasteiger partial charge >= 0.3 is 0 Å². The molecule has 0 spiro atoms. The molecule has 0 bridgehead atoms. The lowest BCUT2D eigenvalue weighted by Crippen LogP contribution is -1.98. The Hall–Kier alpha value is -1.35. The lowest BCUT2D eigenvalue weighted by Gasteiger charge is -2.08. The summed E-state index contributed by atoms with van der Waals surface area (Å²) in [5.41, 5.74) is 0.286. The van der Waals surface area contributed by atoms with Crippen LogP contribution in [-0.2, 0) is 0 Å². The Balaban J connectivity index is 2.73. The molecule has 3 heteroatoms. The second kappa shape index (κ2) is 5.51. The van der Waals surface area contributed by atoms with Gasteiger partial charge in [-0.1, -0.05) is 12.2 Å². The van der Waals surface area contributed by atoms with E-state index in [1.807, 2.05) is 19.1 Å². The Bertz CT molecular complexity index is 345. The SMILES string of the molecule is C/C=C/COc1ccc([C@@H](C)O)c(F)c1. The molecule has 0 heterocycles. The van der Waals surface area contributed by atoms with Gasteiger partial charge in [-0.2, -0.15) is 0 Å². The lowest BCUT2D eigenvalue weighted by atomic mass is 10.1. The van der Waals surface area contributed by atoms with Crippen LogP contribution in [0.15, 0.2) is 30.4 Å². The fraction of sp³-hybridized carbons (Fsp3) is 0.333. The normalized spacial score (nSPS) is 13.1. The molecule has 1 rings (SSSR count). The second-order valence-electron chi connectivity index (χ2n) is 3.24. The quantitative estimate of drug-likeness (QED) is 0.774. The molecule has 0 aliphatic carbocycles. The zero-order valence-electron chi connectivity index (χ0n) is 8.90. The predicted octanol–water partition coefficient (Wildman–Crippen LogP) is 2.83. The summed E-state index contributed by atoms with van der Waals surface area (Å²) in [5.74, 6) is 0.0259. The Kier molecular flexibility index (Phi) is 4.31. The summed E-state index contributed by atoms with van der Waals surface area (Å²) in [4.78, 5) is 0. The van der Waals surface area contributed by atoms with Crippen LogP contribution in [0.3, 0.4) is 0 Å². The van der Waals surface area contributed by atoms with E-state index >= 15 is 0 Å². The van der Waals surface area contributed by atoms with Gasteiger partial charge in [-0.25, -0.2) is 4.39 Å². The van der Waals surface area contributed by atoms with Crippen LogP contribution < -0.4 is 4.74 Å². The molecule has 15 heavy (non-hydrogen) atoms. The first-order valence-electron chi connectivity index (χ1n) is 4.86. The average Bonchev–Trinajstić information content (AvgIpc) is 2.17. The van der Waals surface area contributed by atoms with Crippen LogP contribution in [0.5, 0.6) is 5.75 Å². The highest BCUT2D eigenvalue weighted by molar-refractivity contribution is 5.30. The smallest absolute Gasteiger partial charge is 0.132 e. The molecule has 0 unspecified atom stereocenters. The first kappa shape index (κ1) is 11.7. The highest BCUT2D eigenvalue weighted by Gasteiger charge is 2.08. The van der Waals surface area contributed by atoms with E-state index in [0.717, 1.165) is 0 Å². The van der Waals surface area contributed by atoms with Crippen LogP contribution in [0.25, 0.3) is 0 Å². The maximum absolute atomic E-state index is 13.4. The van der Waals surface area contributed by atoms with Crippen LogP contribution in [0, 0.1) is 5.82 Å². The number of rotatable bonds is 4. The molecule has 82 valence electrons. The third kappa shape index (κ3) is 3.36. The van der Waals surface area contributed by atoms with Crippen molar-refractivity contribution in [1.29, 1.82) is 0 Å². The minimum Gasteiger partial charge on any atom is -0.489 e. The second-order valence-corrected chi connectivity index (χ2v) is 3.24. The Labute approximate surface area is 89.0 Å². The topological polar surface area (TPSA) is 29.5 Å². The Morgan fingerprint density at radius 3 is 2.80 bits per heavy atom. The van der Waals surface area contributed by atoms with Gasteiger partial charge in [0.1, 0.15) is 18.2 Å². The number of hydrogen-bond acceptors (Lipinski definition) is 2. The summed E-state index contributed by atoms with van der Waals surface area (Å²) < 4.78 is 18.6. The fourth-order valence-electron chi connectivity index (χ4n) is 1.18. The van der Waals surface area contributed by atoms with E-state index in [4.69, 9.17) is 4.74 Å². The third-order valence-corrected chi connectivity index (χ3v) is 2.00. The Morgan fingerprint density at radius 2 is 2.27 bits per heavy atom. The average molecular weight is 210 g/mol. The number of ether oxygens (including phenoxy) is 1. The molecule has 0 aliphatic heterocycles. The summed E-state index contributed by atoms with van der Waals surface area (Å²) >= 11 is 0. The number of benzene rings is 1. The van der Waals surface area contributed by atoms with Crippen LogP contribution in [0.1, 0.15) is 25.5 Å². The summed E-state index contributed by atoms with van der Waals surface area (Å²) in [6.45, 7) is 3.84. The minimum atomic E-state index is -0.797. The molecule has 0 aliphatic rings. The number of aliphatic hydroxyl groups excluding tert-OH is 1. The van der Waals surface area contributed by atoms with Gasteiger partial charge in [0.2, 0.25) is 0 Å². The molecule has 1 N–H and O–H groups in total. The van der Waals surface area contributed by atoms with Crippen molar-refractivity contribution in [1.82, 2.24) is 0 Å². The van der Waals surface area contributed by atoms with E-state index in [-0.39, 0.29) is 5.56 Å². The first-order valence-corrected chi connectivity index (χ1v) is 4.86. The maximum Gasteiger partial charge on any atom is 0.132 e. The highest BCUT2D eigenvalue weighted by atomic mass is 19.1. The highest BCUT2D eigenvalue weighted by Crippen LogP contribution is 2.21. The van der Waals surface area contributed by atoms with E-state index in [2.05, 4.69) is 0 Å². The Morgan fingerprint density at radius 1 is 1.53 bits per heavy atom. The molecule has 0 aromatic heterocycles. The molecular weight excluding hydrogens is 195 g/mol. The van der Waals surface area contributed by atoms with Gasteiger partial charge < -0.3 is 9.84 Å². The molecule has 1 aromatic rings. The number of hydrogen-bond donors (Lipinski definition) is 1. The number of aliphatic hydroxyl groups is 1. The number of allylic oxidation sites excluding steroid dienone is 1. The molecule has 0 saturated heterocycles. The van der Waals surface area contributed by atoms with Crippen molar-refractivity contribution in [2.45, 2.75) is 20.0 Å². The number of halogens is 1. The first-order chi connectivity index (χ1) is 7.15. The molecule has 0 radical (unpaired) electrons. The standard InChI is InChI=1S/C12H15FO2/c1-3-4-7-15-10-5-6-11(9(2)14)12(13)8-10/h3-6,8-9,14H,7H2,1-2H3/b4-3+/t9-/m1/s1. The van der Waals surface area contributed by atoms with Gasteiger partial charge in [0.15, 0.2) is 0 Å². The monoisotopic (exact) mass is 210 g/mol. The zero-order chi connectivity index (χ0) is 11.3. The predicted molar refractivity (Wildman–Crippen MR) is 57.3 cm³/mol. The molecule has 0 fully saturated rings. The van der Waals surface area contributed by atoms with Gasteiger partial charge in [0.25, 0.3) is 0 Å². The van der Waals surface area contributed by atoms with Gasteiger partial charge in [0.05, 0.1) is 6.10 Å². The summed E-state index contributed by atoms with van der Waals surface area (Å²) in [7, 11) is 0. The molecule has 0 amide bonds. The molecule has 0 saturated carbocycles. The van der Waals surface area contributed by atoms with Crippen molar-refractivity contribution < 1.29 is 14.2 Å². The summed E-state index contributed by atoms with van der Waals surface area (Å²) in [6, 6.07) is 4.46. The van der Waals surface area contributed by atoms with Crippen molar-refractivity contribution in [3.63, 3.8) is 0 Å². The van der Waals surface area contributed by atoms with Gasteiger partial charge in [-0.3, -0.25) is 0 Å². The third-order valence-electron chi connectivity index (χ3n) is 2.00. The van der Waals surface area contributed by atoms with Crippen molar-refractivity contribution >= 4 is 0 Å². The van der Waals surface area contributed by atoms with Crippen molar-refractivity contribution in [3.8, 4) is 5.75 Å². The van der Waals surface area contributed by atoms with Crippen LogP contribution in [0.4, 0.5) is 4.39 Å². The molecular formula is C12H15FO2. The van der Waals surface area contributed by atoms with Crippen molar-refractivity contribution in [3.05, 3.63) is 41.7 Å².